The van der Waals surface area contributed by atoms with Gasteiger partial charge in [0.2, 0.25) is 0 Å². The zero-order valence-corrected chi connectivity index (χ0v) is 18.7. The van der Waals surface area contributed by atoms with Crippen molar-refractivity contribution in [2.45, 2.75) is 82.3 Å². The number of fused-ring (bicyclic) bond motifs is 1. The highest BCUT2D eigenvalue weighted by molar-refractivity contribution is 5.83. The molecule has 2 saturated heterocycles. The molecule has 5 aliphatic rings. The Hall–Kier alpha value is -1.93. The van der Waals surface area contributed by atoms with Gasteiger partial charge in [-0.3, -0.25) is 0 Å². The molecule has 7 heteroatoms. The molecule has 3 fully saturated rings. The first-order valence-electron chi connectivity index (χ1n) is 11.4. The van der Waals surface area contributed by atoms with Crippen molar-refractivity contribution in [3.05, 3.63) is 48.0 Å². The summed E-state index contributed by atoms with van der Waals surface area (Å²) in [4.78, 5) is 12.0. The number of rotatable bonds is 3. The molecule has 7 nitrogen and oxygen atoms in total. The van der Waals surface area contributed by atoms with Crippen molar-refractivity contribution in [1.82, 2.24) is 0 Å². The van der Waals surface area contributed by atoms with E-state index in [0.717, 1.165) is 30.4 Å². The standard InChI is InChI=1S/C25H30O7/c1-21(2)17-12-24(28,32-22(17,3)9-6-18(26)31-21)11-16-5-4-8-23-14-25(16,23)20(27)30-19(23)15-7-10-29-13-15/h5-7,9-10,13,17,19-20,27-28H,4,8,11-12,14H2,1-3H3. The second kappa shape index (κ2) is 6.14. The van der Waals surface area contributed by atoms with E-state index in [1.807, 2.05) is 26.8 Å². The van der Waals surface area contributed by atoms with Crippen molar-refractivity contribution in [1.29, 1.82) is 0 Å². The Labute approximate surface area is 187 Å². The molecule has 32 heavy (non-hydrogen) atoms. The lowest BCUT2D eigenvalue weighted by Crippen LogP contribution is -2.44. The summed E-state index contributed by atoms with van der Waals surface area (Å²) in [6.45, 7) is 5.63. The Morgan fingerprint density at radius 2 is 2.06 bits per heavy atom. The van der Waals surface area contributed by atoms with Crippen LogP contribution in [0.5, 0.6) is 0 Å². The Morgan fingerprint density at radius 1 is 1.25 bits per heavy atom. The lowest BCUT2D eigenvalue weighted by Gasteiger charge is -2.36. The fraction of sp³-hybridized carbons (Fsp3) is 0.640. The largest absolute Gasteiger partial charge is 0.472 e. The van der Waals surface area contributed by atoms with E-state index in [0.29, 0.717) is 6.42 Å². The Bertz CT molecular complexity index is 1030. The molecule has 2 N–H and O–H groups in total. The second-order valence-corrected chi connectivity index (χ2v) is 11.0. The van der Waals surface area contributed by atoms with Crippen LogP contribution in [0.25, 0.3) is 0 Å². The number of hydrogen-bond donors (Lipinski definition) is 2. The van der Waals surface area contributed by atoms with Crippen LogP contribution in [0.15, 0.2) is 46.8 Å². The van der Waals surface area contributed by atoms with E-state index in [1.54, 1.807) is 18.6 Å². The van der Waals surface area contributed by atoms with E-state index < -0.39 is 34.7 Å². The first-order chi connectivity index (χ1) is 15.0. The van der Waals surface area contributed by atoms with Crippen molar-refractivity contribution in [3.63, 3.8) is 0 Å². The molecule has 3 aliphatic heterocycles. The maximum atomic E-state index is 12.0. The summed E-state index contributed by atoms with van der Waals surface area (Å²) < 4.78 is 23.3. The van der Waals surface area contributed by atoms with Gasteiger partial charge in [0.05, 0.1) is 29.6 Å². The number of aliphatic hydroxyl groups is 2. The monoisotopic (exact) mass is 442 g/mol. The molecule has 6 rings (SSSR count). The summed E-state index contributed by atoms with van der Waals surface area (Å²) in [6, 6.07) is 1.90. The number of carbonyl (C=O) groups excluding carboxylic acids is 1. The van der Waals surface area contributed by atoms with Crippen molar-refractivity contribution < 1.29 is 33.6 Å². The summed E-state index contributed by atoms with van der Waals surface area (Å²) in [6.07, 6.45) is 10.6. The third kappa shape index (κ3) is 2.54. The summed E-state index contributed by atoms with van der Waals surface area (Å²) in [5.41, 5.74) is -0.353. The van der Waals surface area contributed by atoms with Crippen LogP contribution in [0, 0.1) is 16.7 Å². The second-order valence-electron chi connectivity index (χ2n) is 11.0. The smallest absolute Gasteiger partial charge is 0.331 e. The molecule has 1 aromatic heterocycles. The Morgan fingerprint density at radius 3 is 2.81 bits per heavy atom. The summed E-state index contributed by atoms with van der Waals surface area (Å²) in [7, 11) is 0. The Balaban J connectivity index is 1.31. The predicted octanol–water partition coefficient (Wildman–Crippen LogP) is 3.53. The third-order valence-corrected chi connectivity index (χ3v) is 8.79. The lowest BCUT2D eigenvalue weighted by atomic mass is 9.72. The van der Waals surface area contributed by atoms with Gasteiger partial charge in [-0.1, -0.05) is 11.6 Å². The highest BCUT2D eigenvalue weighted by Gasteiger charge is 2.81. The van der Waals surface area contributed by atoms with Crippen molar-refractivity contribution in [3.8, 4) is 0 Å². The van der Waals surface area contributed by atoms with Gasteiger partial charge in [0, 0.05) is 35.8 Å². The topological polar surface area (TPSA) is 98.4 Å². The molecule has 4 heterocycles. The van der Waals surface area contributed by atoms with Crippen LogP contribution in [0.1, 0.15) is 64.5 Å². The number of furan rings is 1. The summed E-state index contributed by atoms with van der Waals surface area (Å²) >= 11 is 0. The highest BCUT2D eigenvalue weighted by Crippen LogP contribution is 2.83. The molecule has 1 saturated carbocycles. The maximum Gasteiger partial charge on any atom is 0.331 e. The van der Waals surface area contributed by atoms with E-state index >= 15 is 0 Å². The van der Waals surface area contributed by atoms with Crippen LogP contribution in [0.4, 0.5) is 0 Å². The van der Waals surface area contributed by atoms with Crippen LogP contribution < -0.4 is 0 Å². The van der Waals surface area contributed by atoms with Gasteiger partial charge in [-0.15, -0.1) is 0 Å². The molecule has 172 valence electrons. The first kappa shape index (κ1) is 20.7. The van der Waals surface area contributed by atoms with E-state index in [4.69, 9.17) is 18.6 Å². The number of cyclic esters (lactones) is 1. The quantitative estimate of drug-likeness (QED) is 0.546. The molecule has 0 aromatic carbocycles. The van der Waals surface area contributed by atoms with Gasteiger partial charge in [-0.25, -0.2) is 4.79 Å². The number of carbonyl (C=O) groups is 1. The average Bonchev–Trinajstić information content (AvgIpc) is 2.96. The van der Waals surface area contributed by atoms with Crippen molar-refractivity contribution in [2.24, 2.45) is 16.7 Å². The number of esters is 1. The Kier molecular flexibility index (Phi) is 3.97. The number of aliphatic hydroxyl groups excluding tert-OH is 1. The maximum absolute atomic E-state index is 12.0. The zero-order chi connectivity index (χ0) is 22.6. The third-order valence-electron chi connectivity index (χ3n) is 8.79. The zero-order valence-electron chi connectivity index (χ0n) is 18.7. The minimum Gasteiger partial charge on any atom is -0.472 e. The summed E-state index contributed by atoms with van der Waals surface area (Å²) in [5, 5.41) is 22.7. The molecular weight excluding hydrogens is 412 g/mol. The predicted molar refractivity (Wildman–Crippen MR) is 112 cm³/mol. The van der Waals surface area contributed by atoms with E-state index in [1.165, 1.54) is 6.08 Å². The van der Waals surface area contributed by atoms with Gasteiger partial charge < -0.3 is 28.8 Å². The van der Waals surface area contributed by atoms with Gasteiger partial charge >= 0.3 is 5.97 Å². The molecule has 2 aliphatic carbocycles. The number of allylic oxidation sites excluding steroid dienone is 1. The van der Waals surface area contributed by atoms with Gasteiger partial charge in [0.1, 0.15) is 5.60 Å². The molecule has 0 radical (unpaired) electrons. The van der Waals surface area contributed by atoms with Crippen molar-refractivity contribution in [2.75, 3.05) is 0 Å². The first-order valence-corrected chi connectivity index (χ1v) is 11.4. The fourth-order valence-electron chi connectivity index (χ4n) is 7.39. The number of ether oxygens (including phenoxy) is 3. The van der Waals surface area contributed by atoms with Gasteiger partial charge in [0.15, 0.2) is 12.1 Å². The van der Waals surface area contributed by atoms with Crippen LogP contribution in [-0.2, 0) is 19.0 Å². The van der Waals surface area contributed by atoms with E-state index in [-0.39, 0.29) is 23.9 Å². The number of hydrogen-bond acceptors (Lipinski definition) is 7. The molecule has 1 aromatic rings. The molecule has 7 unspecified atom stereocenters. The lowest BCUT2D eigenvalue weighted by molar-refractivity contribution is -0.210. The summed E-state index contributed by atoms with van der Waals surface area (Å²) in [5.74, 6) is -2.03. The molecule has 0 bridgehead atoms. The fourth-order valence-corrected chi connectivity index (χ4v) is 7.39. The SMILES string of the molecule is CC1(C)OC(=O)C=CC2(C)OC(O)(CC3=CCCC45CC34C(O)OC5c3ccoc3)CC12. The van der Waals surface area contributed by atoms with E-state index in [2.05, 4.69) is 6.08 Å². The van der Waals surface area contributed by atoms with Gasteiger partial charge in [-0.2, -0.15) is 0 Å². The van der Waals surface area contributed by atoms with Crippen LogP contribution >= 0.6 is 0 Å². The van der Waals surface area contributed by atoms with Crippen LogP contribution in [0.3, 0.4) is 0 Å². The van der Waals surface area contributed by atoms with Crippen LogP contribution in [0.2, 0.25) is 0 Å². The van der Waals surface area contributed by atoms with Gasteiger partial charge in [-0.05, 0) is 52.2 Å². The van der Waals surface area contributed by atoms with Crippen LogP contribution in [-0.4, -0.2) is 39.5 Å². The van der Waals surface area contributed by atoms with Crippen molar-refractivity contribution >= 4 is 5.97 Å². The van der Waals surface area contributed by atoms with Gasteiger partial charge in [0.25, 0.3) is 0 Å². The molecular formula is C25H30O7. The average molecular weight is 443 g/mol. The normalized spacial score (nSPS) is 48.3. The van der Waals surface area contributed by atoms with E-state index in [9.17, 15) is 15.0 Å². The molecule has 7 atom stereocenters. The highest BCUT2D eigenvalue weighted by atomic mass is 16.7. The molecule has 0 spiro atoms. The molecule has 0 amide bonds. The minimum absolute atomic E-state index is 0.182. The minimum atomic E-state index is -1.43.